The average Bonchev–Trinajstić information content (AvgIpc) is 2.01. The van der Waals surface area contributed by atoms with Crippen LogP contribution in [0, 0.1) is 0 Å². The summed E-state index contributed by atoms with van der Waals surface area (Å²) in [4.78, 5) is 36.6. The number of aromatic amines is 2. The largest absolute Gasteiger partial charge is 0.450 e. The van der Waals surface area contributed by atoms with Crippen LogP contribution in [-0.4, -0.2) is 22.7 Å². The molecule has 1 heterocycles. The van der Waals surface area contributed by atoms with Crippen molar-refractivity contribution in [1.29, 1.82) is 0 Å². The van der Waals surface area contributed by atoms with Crippen LogP contribution >= 0.6 is 0 Å². The molecule has 14 heavy (non-hydrogen) atoms. The lowest BCUT2D eigenvalue weighted by atomic mass is 10.6. The van der Waals surface area contributed by atoms with E-state index in [2.05, 4.69) is 15.0 Å². The van der Waals surface area contributed by atoms with Crippen molar-refractivity contribution in [2.24, 2.45) is 0 Å². The van der Waals surface area contributed by atoms with Crippen molar-refractivity contribution in [2.75, 3.05) is 11.9 Å². The fourth-order valence-corrected chi connectivity index (χ4v) is 0.813. The molecule has 1 amide bonds. The third kappa shape index (κ3) is 2.77. The molecule has 0 atom stereocenters. The molecule has 0 fully saturated rings. The van der Waals surface area contributed by atoms with Crippen molar-refractivity contribution in [1.82, 2.24) is 9.97 Å². The van der Waals surface area contributed by atoms with Gasteiger partial charge in [0.05, 0.1) is 6.61 Å². The molecule has 7 heteroatoms. The van der Waals surface area contributed by atoms with E-state index < -0.39 is 17.3 Å². The number of aromatic nitrogens is 2. The van der Waals surface area contributed by atoms with Gasteiger partial charge >= 0.3 is 11.8 Å². The van der Waals surface area contributed by atoms with E-state index in [1.807, 2.05) is 4.98 Å². The summed E-state index contributed by atoms with van der Waals surface area (Å²) in [5.74, 6) is -0.00259. The maximum absolute atomic E-state index is 10.9. The molecule has 1 rings (SSSR count). The summed E-state index contributed by atoms with van der Waals surface area (Å²) in [6.45, 7) is 1.85. The van der Waals surface area contributed by atoms with Gasteiger partial charge in [0.15, 0.2) is 0 Å². The Morgan fingerprint density at radius 3 is 2.79 bits per heavy atom. The predicted molar refractivity (Wildman–Crippen MR) is 48.3 cm³/mol. The Morgan fingerprint density at radius 2 is 2.21 bits per heavy atom. The topological polar surface area (TPSA) is 104 Å². The van der Waals surface area contributed by atoms with Gasteiger partial charge in [-0.1, -0.05) is 0 Å². The maximum atomic E-state index is 10.9. The molecular weight excluding hydrogens is 190 g/mol. The van der Waals surface area contributed by atoms with Crippen LogP contribution in [0.3, 0.4) is 0 Å². The molecule has 0 aliphatic rings. The minimum atomic E-state index is -0.728. The molecular formula is C7H9N3O4. The number of carbonyl (C=O) groups excluding carboxylic acids is 1. The highest BCUT2D eigenvalue weighted by molar-refractivity contribution is 5.83. The van der Waals surface area contributed by atoms with E-state index in [-0.39, 0.29) is 12.4 Å². The third-order valence-electron chi connectivity index (χ3n) is 1.27. The van der Waals surface area contributed by atoms with Gasteiger partial charge in [-0.15, -0.1) is 0 Å². The number of nitrogens with one attached hydrogen (secondary N) is 3. The Bertz CT molecular complexity index is 405. The summed E-state index contributed by atoms with van der Waals surface area (Å²) in [6, 6.07) is 1.04. The second-order valence-corrected chi connectivity index (χ2v) is 2.35. The minimum Gasteiger partial charge on any atom is -0.450 e. The van der Waals surface area contributed by atoms with E-state index in [1.165, 1.54) is 0 Å². The maximum Gasteiger partial charge on any atom is 0.412 e. The first-order valence-corrected chi connectivity index (χ1v) is 3.89. The number of hydrogen-bond acceptors (Lipinski definition) is 4. The molecule has 1 aromatic heterocycles. The summed E-state index contributed by atoms with van der Waals surface area (Å²) < 4.78 is 4.54. The minimum absolute atomic E-state index is 0.00259. The van der Waals surface area contributed by atoms with Gasteiger partial charge < -0.3 is 4.74 Å². The highest BCUT2D eigenvalue weighted by Crippen LogP contribution is 1.93. The molecule has 0 saturated heterocycles. The zero-order valence-corrected chi connectivity index (χ0v) is 7.42. The number of ether oxygens (including phenoxy) is 1. The molecule has 0 aliphatic carbocycles. The summed E-state index contributed by atoms with van der Waals surface area (Å²) in [5.41, 5.74) is -1.29. The van der Waals surface area contributed by atoms with Crippen molar-refractivity contribution >= 4 is 11.9 Å². The van der Waals surface area contributed by atoms with Crippen LogP contribution < -0.4 is 16.6 Å². The van der Waals surface area contributed by atoms with E-state index >= 15 is 0 Å². The van der Waals surface area contributed by atoms with Gasteiger partial charge in [0.2, 0.25) is 0 Å². The van der Waals surface area contributed by atoms with Gasteiger partial charge in [-0.25, -0.2) is 9.59 Å². The fraction of sp³-hybridized carbons (Fsp3) is 0.286. The smallest absolute Gasteiger partial charge is 0.412 e. The first-order chi connectivity index (χ1) is 6.61. The van der Waals surface area contributed by atoms with Crippen molar-refractivity contribution < 1.29 is 9.53 Å². The van der Waals surface area contributed by atoms with E-state index in [1.54, 1.807) is 6.92 Å². The first kappa shape index (κ1) is 10.0. The number of rotatable bonds is 2. The standard InChI is InChI=1S/C7H9N3O4/c1-2-14-7(13)9-4-3-5(11)10-6(12)8-4/h3H,2H2,1H3,(H3,8,9,10,11,12,13). The van der Waals surface area contributed by atoms with E-state index in [4.69, 9.17) is 0 Å². The summed E-state index contributed by atoms with van der Waals surface area (Å²) in [5, 5.41) is 2.19. The quantitative estimate of drug-likeness (QED) is 0.604. The van der Waals surface area contributed by atoms with Gasteiger partial charge in [-0.3, -0.25) is 20.1 Å². The van der Waals surface area contributed by atoms with Crippen LogP contribution in [0.4, 0.5) is 10.6 Å². The highest BCUT2D eigenvalue weighted by atomic mass is 16.5. The molecule has 0 aliphatic heterocycles. The molecule has 0 saturated carbocycles. The number of hydrogen-bond donors (Lipinski definition) is 3. The SMILES string of the molecule is CCOC(=O)Nc1cc(=O)[nH]c(=O)[nH]1. The van der Waals surface area contributed by atoms with E-state index in [0.29, 0.717) is 0 Å². The van der Waals surface area contributed by atoms with Gasteiger partial charge in [0, 0.05) is 6.07 Å². The molecule has 0 unspecified atom stereocenters. The van der Waals surface area contributed by atoms with Crippen LogP contribution in [0.2, 0.25) is 0 Å². The number of H-pyrrole nitrogens is 2. The van der Waals surface area contributed by atoms with Crippen molar-refractivity contribution in [3.63, 3.8) is 0 Å². The molecule has 7 nitrogen and oxygen atoms in total. The van der Waals surface area contributed by atoms with Gasteiger partial charge in [-0.05, 0) is 6.92 Å². The van der Waals surface area contributed by atoms with Crippen molar-refractivity contribution in [3.8, 4) is 0 Å². The number of carbonyl (C=O) groups is 1. The second-order valence-electron chi connectivity index (χ2n) is 2.35. The van der Waals surface area contributed by atoms with Crippen LogP contribution in [0.1, 0.15) is 6.92 Å². The highest BCUT2D eigenvalue weighted by Gasteiger charge is 2.02. The molecule has 0 aromatic carbocycles. The fourth-order valence-electron chi connectivity index (χ4n) is 0.813. The lowest BCUT2D eigenvalue weighted by Gasteiger charge is -2.03. The monoisotopic (exact) mass is 199 g/mol. The first-order valence-electron chi connectivity index (χ1n) is 3.89. The zero-order chi connectivity index (χ0) is 10.6. The van der Waals surface area contributed by atoms with Crippen LogP contribution in [-0.2, 0) is 4.74 Å². The Hall–Kier alpha value is -2.05. The lowest BCUT2D eigenvalue weighted by Crippen LogP contribution is -2.25. The number of amides is 1. The average molecular weight is 199 g/mol. The normalized spacial score (nSPS) is 9.50. The zero-order valence-electron chi connectivity index (χ0n) is 7.42. The third-order valence-corrected chi connectivity index (χ3v) is 1.27. The molecule has 0 spiro atoms. The second kappa shape index (κ2) is 4.26. The molecule has 76 valence electrons. The summed E-state index contributed by atoms with van der Waals surface area (Å²) in [6.07, 6.45) is -0.728. The van der Waals surface area contributed by atoms with E-state index in [9.17, 15) is 14.4 Å². The van der Waals surface area contributed by atoms with Crippen LogP contribution in [0.25, 0.3) is 0 Å². The van der Waals surface area contributed by atoms with Crippen LogP contribution in [0.15, 0.2) is 15.7 Å². The lowest BCUT2D eigenvalue weighted by molar-refractivity contribution is 0.168. The Balaban J connectivity index is 2.82. The van der Waals surface area contributed by atoms with Gasteiger partial charge in [-0.2, -0.15) is 0 Å². The van der Waals surface area contributed by atoms with Gasteiger partial charge in [0.1, 0.15) is 5.82 Å². The molecule has 0 radical (unpaired) electrons. The molecule has 3 N–H and O–H groups in total. The van der Waals surface area contributed by atoms with E-state index in [0.717, 1.165) is 6.07 Å². The number of anilines is 1. The predicted octanol–water partition coefficient (Wildman–Crippen LogP) is -0.368. The molecule has 1 aromatic rings. The summed E-state index contributed by atoms with van der Waals surface area (Å²) in [7, 11) is 0. The summed E-state index contributed by atoms with van der Waals surface area (Å²) >= 11 is 0. The van der Waals surface area contributed by atoms with Crippen molar-refractivity contribution in [3.05, 3.63) is 26.9 Å². The van der Waals surface area contributed by atoms with Gasteiger partial charge in [0.25, 0.3) is 5.56 Å². The van der Waals surface area contributed by atoms with Crippen LogP contribution in [0.5, 0.6) is 0 Å². The van der Waals surface area contributed by atoms with Crippen molar-refractivity contribution in [2.45, 2.75) is 6.92 Å². The Labute approximate surface area is 78.1 Å². The molecule has 0 bridgehead atoms. The Kier molecular flexibility index (Phi) is 3.05. The Morgan fingerprint density at radius 1 is 1.50 bits per heavy atom.